The van der Waals surface area contributed by atoms with Gasteiger partial charge in [-0.15, -0.1) is 0 Å². The summed E-state index contributed by atoms with van der Waals surface area (Å²) in [6.45, 7) is 6.19. The van der Waals surface area contributed by atoms with Crippen molar-refractivity contribution in [3.05, 3.63) is 59.1 Å². The third kappa shape index (κ3) is 4.19. The van der Waals surface area contributed by atoms with Crippen LogP contribution in [0.2, 0.25) is 0 Å². The van der Waals surface area contributed by atoms with Crippen LogP contribution < -0.4 is 0 Å². The predicted molar refractivity (Wildman–Crippen MR) is 101 cm³/mol. The third-order valence-corrected chi connectivity index (χ3v) is 4.31. The fourth-order valence-electron chi connectivity index (χ4n) is 2.78. The van der Waals surface area contributed by atoms with E-state index in [1.807, 2.05) is 44.3 Å². The molecule has 0 saturated carbocycles. The van der Waals surface area contributed by atoms with E-state index in [4.69, 9.17) is 4.52 Å². The molecule has 0 aliphatic rings. The molecule has 0 aliphatic carbocycles. The molecule has 3 aromatic rings. The maximum absolute atomic E-state index is 12.7. The Hall–Kier alpha value is -3.09. The summed E-state index contributed by atoms with van der Waals surface area (Å²) in [5, 5.41) is 3.89. The number of hydrogen-bond acceptors (Lipinski definition) is 6. The van der Waals surface area contributed by atoms with Crippen molar-refractivity contribution in [1.82, 2.24) is 25.0 Å². The number of benzene rings is 1. The highest BCUT2D eigenvalue weighted by Crippen LogP contribution is 2.22. The van der Waals surface area contributed by atoms with E-state index < -0.39 is 0 Å². The van der Waals surface area contributed by atoms with Crippen LogP contribution in [0.15, 0.2) is 35.0 Å². The van der Waals surface area contributed by atoms with Gasteiger partial charge in [-0.05, 0) is 31.0 Å². The van der Waals surface area contributed by atoms with Gasteiger partial charge in [0.15, 0.2) is 5.82 Å². The first kappa shape index (κ1) is 18.7. The van der Waals surface area contributed by atoms with Gasteiger partial charge in [0.25, 0.3) is 5.91 Å². The summed E-state index contributed by atoms with van der Waals surface area (Å²) in [6, 6.07) is 7.48. The van der Waals surface area contributed by atoms with Gasteiger partial charge in [-0.2, -0.15) is 4.98 Å². The van der Waals surface area contributed by atoms with Crippen LogP contribution in [0.5, 0.6) is 0 Å². The first-order valence-electron chi connectivity index (χ1n) is 9.01. The molecule has 0 atom stereocenters. The normalized spacial score (nSPS) is 10.8. The van der Waals surface area contributed by atoms with Gasteiger partial charge in [-0.1, -0.05) is 31.1 Å². The molecule has 0 spiro atoms. The second kappa shape index (κ2) is 8.07. The quantitative estimate of drug-likeness (QED) is 0.667. The molecule has 3 rings (SSSR count). The Bertz CT molecular complexity index is 934. The summed E-state index contributed by atoms with van der Waals surface area (Å²) in [6.07, 6.45) is 3.39. The largest absolute Gasteiger partial charge is 0.339 e. The minimum atomic E-state index is -0.0982. The average Bonchev–Trinajstić information content (AvgIpc) is 3.15. The molecule has 0 fully saturated rings. The highest BCUT2D eigenvalue weighted by Gasteiger charge is 2.16. The molecule has 0 bridgehead atoms. The van der Waals surface area contributed by atoms with Crippen molar-refractivity contribution in [3.8, 4) is 11.3 Å². The van der Waals surface area contributed by atoms with Crippen LogP contribution in [0.1, 0.15) is 47.3 Å². The van der Waals surface area contributed by atoms with E-state index in [1.165, 1.54) is 0 Å². The van der Waals surface area contributed by atoms with Gasteiger partial charge in [0, 0.05) is 30.8 Å². The highest BCUT2D eigenvalue weighted by molar-refractivity contribution is 5.94. The summed E-state index contributed by atoms with van der Waals surface area (Å²) < 4.78 is 5.09. The molecule has 2 heterocycles. The first-order valence-corrected chi connectivity index (χ1v) is 9.01. The van der Waals surface area contributed by atoms with Crippen molar-refractivity contribution in [2.45, 2.75) is 40.2 Å². The fraction of sp³-hybridized carbons (Fsp3) is 0.350. The number of rotatable bonds is 6. The van der Waals surface area contributed by atoms with Gasteiger partial charge >= 0.3 is 0 Å². The fourth-order valence-corrected chi connectivity index (χ4v) is 2.78. The molecule has 1 aromatic carbocycles. The second-order valence-electron chi connectivity index (χ2n) is 6.34. The number of hydrogen-bond donors (Lipinski definition) is 0. The van der Waals surface area contributed by atoms with Gasteiger partial charge in [-0.25, -0.2) is 9.97 Å². The number of aromatic nitrogens is 4. The Morgan fingerprint density at radius 1 is 1.11 bits per heavy atom. The van der Waals surface area contributed by atoms with Gasteiger partial charge < -0.3 is 9.42 Å². The van der Waals surface area contributed by atoms with E-state index in [-0.39, 0.29) is 5.91 Å². The molecule has 7 nitrogen and oxygen atoms in total. The predicted octanol–water partition coefficient (Wildman–Crippen LogP) is 3.23. The van der Waals surface area contributed by atoms with E-state index in [0.717, 1.165) is 29.1 Å². The Balaban J connectivity index is 1.76. The van der Waals surface area contributed by atoms with E-state index in [0.29, 0.717) is 30.2 Å². The zero-order valence-corrected chi connectivity index (χ0v) is 16.1. The molecular formula is C20H23N5O2. The molecule has 0 radical (unpaired) electrons. The monoisotopic (exact) mass is 365 g/mol. The molecule has 0 N–H and O–H groups in total. The Labute approximate surface area is 158 Å². The van der Waals surface area contributed by atoms with E-state index in [1.54, 1.807) is 11.9 Å². The maximum Gasteiger partial charge on any atom is 0.254 e. The SMILES string of the molecule is CCc1nc(CN(C)C(=O)c2ccc(-c3nc(C)ncc3CC)cc2)no1. The summed E-state index contributed by atoms with van der Waals surface area (Å²) in [4.78, 5) is 27.3. The van der Waals surface area contributed by atoms with Crippen LogP contribution >= 0.6 is 0 Å². The van der Waals surface area contributed by atoms with Crippen molar-refractivity contribution in [3.63, 3.8) is 0 Å². The number of nitrogens with zero attached hydrogens (tertiary/aromatic N) is 5. The minimum Gasteiger partial charge on any atom is -0.339 e. The molecular weight excluding hydrogens is 342 g/mol. The van der Waals surface area contributed by atoms with Crippen molar-refractivity contribution in [2.75, 3.05) is 7.05 Å². The molecule has 0 saturated heterocycles. The van der Waals surface area contributed by atoms with Crippen LogP contribution in [0.25, 0.3) is 11.3 Å². The van der Waals surface area contributed by atoms with Crippen molar-refractivity contribution in [2.24, 2.45) is 0 Å². The lowest BCUT2D eigenvalue weighted by Crippen LogP contribution is -2.26. The Kier molecular flexibility index (Phi) is 5.59. The summed E-state index contributed by atoms with van der Waals surface area (Å²) in [5.41, 5.74) is 3.57. The lowest BCUT2D eigenvalue weighted by Gasteiger charge is -2.15. The van der Waals surface area contributed by atoms with Crippen molar-refractivity contribution < 1.29 is 9.32 Å². The van der Waals surface area contributed by atoms with Gasteiger partial charge in [-0.3, -0.25) is 4.79 Å². The smallest absolute Gasteiger partial charge is 0.254 e. The third-order valence-electron chi connectivity index (χ3n) is 4.31. The number of aryl methyl sites for hydroxylation is 3. The second-order valence-corrected chi connectivity index (χ2v) is 6.34. The molecule has 1 amide bonds. The van der Waals surface area contributed by atoms with Gasteiger partial charge in [0.05, 0.1) is 12.2 Å². The van der Waals surface area contributed by atoms with Crippen molar-refractivity contribution in [1.29, 1.82) is 0 Å². The van der Waals surface area contributed by atoms with E-state index in [9.17, 15) is 4.79 Å². The number of carbonyl (C=O) groups is 1. The number of carbonyl (C=O) groups excluding carboxylic acids is 1. The van der Waals surface area contributed by atoms with Crippen molar-refractivity contribution >= 4 is 5.91 Å². The summed E-state index contributed by atoms with van der Waals surface area (Å²) >= 11 is 0. The van der Waals surface area contributed by atoms with Crippen LogP contribution in [0.4, 0.5) is 0 Å². The molecule has 27 heavy (non-hydrogen) atoms. The maximum atomic E-state index is 12.7. The summed E-state index contributed by atoms with van der Waals surface area (Å²) in [5.74, 6) is 1.71. The van der Waals surface area contributed by atoms with Crippen LogP contribution in [0.3, 0.4) is 0 Å². The molecule has 0 aliphatic heterocycles. The molecule has 140 valence electrons. The standard InChI is InChI=1S/C20H23N5O2/c1-5-14-11-21-13(3)22-19(14)15-7-9-16(10-8-15)20(26)25(4)12-17-23-18(6-2)27-24-17/h7-11H,5-6,12H2,1-4H3. The first-order chi connectivity index (χ1) is 13.0. The Morgan fingerprint density at radius 3 is 2.48 bits per heavy atom. The lowest BCUT2D eigenvalue weighted by molar-refractivity contribution is 0.0780. The van der Waals surface area contributed by atoms with Crippen LogP contribution in [0, 0.1) is 6.92 Å². The average molecular weight is 365 g/mol. The zero-order valence-electron chi connectivity index (χ0n) is 16.1. The molecule has 7 heteroatoms. The lowest BCUT2D eigenvalue weighted by atomic mass is 10.0. The zero-order chi connectivity index (χ0) is 19.4. The Morgan fingerprint density at radius 2 is 1.85 bits per heavy atom. The van der Waals surface area contributed by atoms with Gasteiger partial charge in [0.1, 0.15) is 5.82 Å². The van der Waals surface area contributed by atoms with Crippen LogP contribution in [-0.4, -0.2) is 38.0 Å². The van der Waals surface area contributed by atoms with Crippen LogP contribution in [-0.2, 0) is 19.4 Å². The summed E-state index contributed by atoms with van der Waals surface area (Å²) in [7, 11) is 1.72. The van der Waals surface area contributed by atoms with Gasteiger partial charge in [0.2, 0.25) is 5.89 Å². The minimum absolute atomic E-state index is 0.0982. The van der Waals surface area contributed by atoms with E-state index >= 15 is 0 Å². The number of amides is 1. The molecule has 2 aromatic heterocycles. The topological polar surface area (TPSA) is 85.0 Å². The van der Waals surface area contributed by atoms with E-state index in [2.05, 4.69) is 27.0 Å². The molecule has 0 unspecified atom stereocenters. The highest BCUT2D eigenvalue weighted by atomic mass is 16.5.